The topological polar surface area (TPSA) is 99.2 Å². The standard InChI is InChI=1S/C27H39N3O5S2/c1-19-15-30(20(2)18-31)27(32)22-11-7-12-23(28-37(33,34)25-13-8-14-36-25)26(22)35-24(19)17-29(3)16-21-9-5-4-6-10-21/h7-8,11-14,19-21,24,28,31H,4-6,9-10,15-18H2,1-3H3. The van der Waals surface area contributed by atoms with Crippen molar-refractivity contribution in [3.63, 3.8) is 0 Å². The summed E-state index contributed by atoms with van der Waals surface area (Å²) in [7, 11) is -1.73. The Bertz CT molecular complexity index is 1150. The summed E-state index contributed by atoms with van der Waals surface area (Å²) in [5, 5.41) is 11.6. The molecule has 4 rings (SSSR count). The van der Waals surface area contributed by atoms with Gasteiger partial charge in [-0.15, -0.1) is 11.3 Å². The minimum atomic E-state index is -3.84. The average molecular weight is 550 g/mol. The van der Waals surface area contributed by atoms with Crippen molar-refractivity contribution in [1.29, 1.82) is 0 Å². The molecule has 0 bridgehead atoms. The highest BCUT2D eigenvalue weighted by atomic mass is 32.2. The Hall–Kier alpha value is -2.14. The number of fused-ring (bicyclic) bond motifs is 1. The average Bonchev–Trinajstić information content (AvgIpc) is 3.43. The second kappa shape index (κ2) is 12.1. The number of aliphatic hydroxyl groups is 1. The Kier molecular flexibility index (Phi) is 9.15. The molecule has 204 valence electrons. The lowest BCUT2D eigenvalue weighted by molar-refractivity contribution is 0.0333. The molecule has 2 heterocycles. The van der Waals surface area contributed by atoms with Crippen LogP contribution in [0.4, 0.5) is 5.69 Å². The fourth-order valence-corrected chi connectivity index (χ4v) is 7.40. The van der Waals surface area contributed by atoms with Crippen molar-refractivity contribution in [3.05, 3.63) is 41.3 Å². The lowest BCUT2D eigenvalue weighted by Gasteiger charge is -2.39. The van der Waals surface area contributed by atoms with E-state index in [1.165, 1.54) is 32.1 Å². The Morgan fingerprint density at radius 2 is 1.95 bits per heavy atom. The number of likely N-dealkylation sites (N-methyl/N-ethyl adjacent to an activating group) is 1. The first-order valence-corrected chi connectivity index (χ1v) is 15.5. The van der Waals surface area contributed by atoms with E-state index in [-0.39, 0.29) is 46.2 Å². The summed E-state index contributed by atoms with van der Waals surface area (Å²) in [6.45, 7) is 5.78. The molecule has 0 saturated heterocycles. The number of hydrogen-bond acceptors (Lipinski definition) is 7. The number of carbonyl (C=O) groups is 1. The highest BCUT2D eigenvalue weighted by Gasteiger charge is 2.35. The van der Waals surface area contributed by atoms with Gasteiger partial charge in [-0.3, -0.25) is 9.52 Å². The van der Waals surface area contributed by atoms with Crippen molar-refractivity contribution in [2.45, 2.75) is 62.3 Å². The van der Waals surface area contributed by atoms with E-state index in [9.17, 15) is 18.3 Å². The van der Waals surface area contributed by atoms with Crippen LogP contribution >= 0.6 is 11.3 Å². The quantitative estimate of drug-likeness (QED) is 0.484. The molecule has 2 N–H and O–H groups in total. The predicted octanol–water partition coefficient (Wildman–Crippen LogP) is 4.28. The zero-order valence-corrected chi connectivity index (χ0v) is 23.6. The van der Waals surface area contributed by atoms with Crippen LogP contribution in [0.3, 0.4) is 0 Å². The normalized spacial score (nSPS) is 22.2. The zero-order chi connectivity index (χ0) is 26.6. The van der Waals surface area contributed by atoms with Crippen molar-refractivity contribution in [1.82, 2.24) is 9.80 Å². The molecule has 3 atom stereocenters. The van der Waals surface area contributed by atoms with Crippen molar-refractivity contribution >= 4 is 33.0 Å². The number of anilines is 1. The Morgan fingerprint density at radius 1 is 1.19 bits per heavy atom. The fourth-order valence-electron chi connectivity index (χ4n) is 5.35. The van der Waals surface area contributed by atoms with Gasteiger partial charge in [0.25, 0.3) is 15.9 Å². The van der Waals surface area contributed by atoms with Gasteiger partial charge in [-0.25, -0.2) is 8.42 Å². The van der Waals surface area contributed by atoms with Gasteiger partial charge in [0.05, 0.1) is 23.9 Å². The van der Waals surface area contributed by atoms with Gasteiger partial charge in [0.2, 0.25) is 0 Å². The van der Waals surface area contributed by atoms with Crippen molar-refractivity contribution in [2.75, 3.05) is 38.0 Å². The molecule has 1 aromatic carbocycles. The van der Waals surface area contributed by atoms with E-state index in [1.807, 2.05) is 13.8 Å². The third-order valence-corrected chi connectivity index (χ3v) is 10.2. The van der Waals surface area contributed by atoms with Crippen LogP contribution in [0.2, 0.25) is 0 Å². The minimum Gasteiger partial charge on any atom is -0.486 e. The molecule has 1 saturated carbocycles. The molecule has 1 aliphatic heterocycles. The molecule has 3 unspecified atom stereocenters. The molecule has 2 aliphatic rings. The fraction of sp³-hybridized carbons (Fsp3) is 0.593. The molecule has 1 fully saturated rings. The van der Waals surface area contributed by atoms with Gasteiger partial charge in [-0.05, 0) is 56.3 Å². The second-order valence-electron chi connectivity index (χ2n) is 10.6. The molecule has 0 spiro atoms. The highest BCUT2D eigenvalue weighted by Crippen LogP contribution is 2.36. The van der Waals surface area contributed by atoms with Gasteiger partial charge < -0.3 is 19.6 Å². The number of amides is 1. The smallest absolute Gasteiger partial charge is 0.271 e. The third kappa shape index (κ3) is 6.66. The number of nitrogens with one attached hydrogen (secondary N) is 1. The first-order chi connectivity index (χ1) is 17.7. The number of carbonyl (C=O) groups excluding carboxylic acids is 1. The molecule has 10 heteroatoms. The first kappa shape index (κ1) is 27.9. The predicted molar refractivity (Wildman–Crippen MR) is 147 cm³/mol. The summed E-state index contributed by atoms with van der Waals surface area (Å²) in [6, 6.07) is 7.80. The molecule has 1 aliphatic carbocycles. The lowest BCUT2D eigenvalue weighted by Crippen LogP contribution is -2.50. The number of hydrogen-bond donors (Lipinski definition) is 2. The van der Waals surface area contributed by atoms with Crippen LogP contribution in [-0.4, -0.2) is 74.7 Å². The molecular weight excluding hydrogens is 510 g/mol. The van der Waals surface area contributed by atoms with Crippen LogP contribution in [0.1, 0.15) is 56.3 Å². The SMILES string of the molecule is CC1CN(C(C)CO)C(=O)c2cccc(NS(=O)(=O)c3cccs3)c2OC1CN(C)CC1CCCCC1. The number of rotatable bonds is 9. The highest BCUT2D eigenvalue weighted by molar-refractivity contribution is 7.94. The Morgan fingerprint density at radius 3 is 2.62 bits per heavy atom. The number of ether oxygens (including phenoxy) is 1. The molecule has 0 radical (unpaired) electrons. The van der Waals surface area contributed by atoms with Gasteiger partial charge in [0, 0.05) is 25.6 Å². The van der Waals surface area contributed by atoms with Crippen LogP contribution in [0.15, 0.2) is 39.9 Å². The number of aliphatic hydroxyl groups excluding tert-OH is 1. The van der Waals surface area contributed by atoms with E-state index in [0.717, 1.165) is 17.9 Å². The van der Waals surface area contributed by atoms with Gasteiger partial charge in [0.15, 0.2) is 5.75 Å². The summed E-state index contributed by atoms with van der Waals surface area (Å²) in [5.74, 6) is 0.595. The van der Waals surface area contributed by atoms with E-state index in [2.05, 4.69) is 16.7 Å². The maximum Gasteiger partial charge on any atom is 0.271 e. The summed E-state index contributed by atoms with van der Waals surface area (Å²) in [6.07, 6.45) is 6.11. The van der Waals surface area contributed by atoms with E-state index in [4.69, 9.17) is 4.74 Å². The van der Waals surface area contributed by atoms with Gasteiger partial charge in [-0.2, -0.15) is 0 Å². The molecule has 2 aromatic rings. The summed E-state index contributed by atoms with van der Waals surface area (Å²) in [5.41, 5.74) is 0.531. The number of para-hydroxylation sites is 1. The number of nitrogens with zero attached hydrogens (tertiary/aromatic N) is 2. The maximum absolute atomic E-state index is 13.6. The summed E-state index contributed by atoms with van der Waals surface area (Å²) < 4.78 is 35.5. The Balaban J connectivity index is 1.67. The first-order valence-electron chi connectivity index (χ1n) is 13.2. The summed E-state index contributed by atoms with van der Waals surface area (Å²) >= 11 is 1.13. The van der Waals surface area contributed by atoms with E-state index < -0.39 is 10.0 Å². The number of thiophene rings is 1. The van der Waals surface area contributed by atoms with Gasteiger partial charge >= 0.3 is 0 Å². The Labute approximate surface area is 224 Å². The van der Waals surface area contributed by atoms with Gasteiger partial charge in [0.1, 0.15) is 10.3 Å². The van der Waals surface area contributed by atoms with E-state index >= 15 is 0 Å². The minimum absolute atomic E-state index is 0.0399. The monoisotopic (exact) mass is 549 g/mol. The number of benzene rings is 1. The van der Waals surface area contributed by atoms with Crippen LogP contribution < -0.4 is 9.46 Å². The van der Waals surface area contributed by atoms with Crippen LogP contribution in [0, 0.1) is 11.8 Å². The van der Waals surface area contributed by atoms with Gasteiger partial charge in [-0.1, -0.05) is 38.3 Å². The van der Waals surface area contributed by atoms with Crippen LogP contribution in [-0.2, 0) is 10.0 Å². The zero-order valence-electron chi connectivity index (χ0n) is 21.9. The third-order valence-electron chi connectivity index (χ3n) is 7.48. The molecule has 37 heavy (non-hydrogen) atoms. The maximum atomic E-state index is 13.6. The summed E-state index contributed by atoms with van der Waals surface area (Å²) in [4.78, 5) is 17.6. The molecule has 8 nitrogen and oxygen atoms in total. The van der Waals surface area contributed by atoms with Crippen molar-refractivity contribution in [3.8, 4) is 5.75 Å². The lowest BCUT2D eigenvalue weighted by atomic mass is 9.89. The largest absolute Gasteiger partial charge is 0.486 e. The molecule has 1 aromatic heterocycles. The van der Waals surface area contributed by atoms with Crippen molar-refractivity contribution in [2.24, 2.45) is 11.8 Å². The van der Waals surface area contributed by atoms with Crippen LogP contribution in [0.25, 0.3) is 0 Å². The second-order valence-corrected chi connectivity index (χ2v) is 13.4. The van der Waals surface area contributed by atoms with Crippen molar-refractivity contribution < 1.29 is 23.1 Å². The number of sulfonamides is 1. The molecular formula is C27H39N3O5S2. The van der Waals surface area contributed by atoms with Crippen LogP contribution in [0.5, 0.6) is 5.75 Å². The van der Waals surface area contributed by atoms with E-state index in [1.54, 1.807) is 40.6 Å². The molecule has 1 amide bonds. The van der Waals surface area contributed by atoms with E-state index in [0.29, 0.717) is 24.6 Å².